The van der Waals surface area contributed by atoms with Gasteiger partial charge in [0.2, 0.25) is 11.8 Å². The number of imide groups is 1. The molecule has 0 aliphatic carbocycles. The van der Waals surface area contributed by atoms with Crippen LogP contribution in [-0.2, 0) is 16.1 Å². The molecule has 1 atom stereocenters. The third-order valence-electron chi connectivity index (χ3n) is 3.90. The normalized spacial score (nSPS) is 22.1. The molecule has 10 nitrogen and oxygen atoms in total. The first-order valence-electron chi connectivity index (χ1n) is 7.42. The maximum atomic E-state index is 12.2. The first kappa shape index (κ1) is 15.4. The fourth-order valence-corrected chi connectivity index (χ4v) is 2.67. The number of aryl methyl sites for hydroxylation is 1. The van der Waals surface area contributed by atoms with Crippen LogP contribution in [0.2, 0.25) is 0 Å². The largest absolute Gasteiger partial charge is 0.340 e. The van der Waals surface area contributed by atoms with Gasteiger partial charge in [-0.3, -0.25) is 19.8 Å². The van der Waals surface area contributed by atoms with E-state index >= 15 is 0 Å². The molecule has 2 saturated heterocycles. The van der Waals surface area contributed by atoms with Gasteiger partial charge in [0.15, 0.2) is 5.82 Å². The highest BCUT2D eigenvalue weighted by Crippen LogP contribution is 2.09. The number of aromatic nitrogens is 2. The van der Waals surface area contributed by atoms with Gasteiger partial charge in [-0.25, -0.2) is 4.79 Å². The van der Waals surface area contributed by atoms with Gasteiger partial charge >= 0.3 is 6.03 Å². The molecule has 2 aliphatic rings. The molecule has 0 radical (unpaired) electrons. The van der Waals surface area contributed by atoms with E-state index in [-0.39, 0.29) is 12.3 Å². The van der Waals surface area contributed by atoms with Crippen molar-refractivity contribution < 1.29 is 18.9 Å². The molecule has 2 N–H and O–H groups in total. The molecule has 0 spiro atoms. The van der Waals surface area contributed by atoms with E-state index < -0.39 is 18.0 Å². The number of nitrogens with zero attached hydrogens (tertiary/aromatic N) is 4. The highest BCUT2D eigenvalue weighted by atomic mass is 16.5. The average Bonchev–Trinajstić information content (AvgIpc) is 3.05. The number of rotatable bonds is 4. The number of hydrogen-bond acceptors (Lipinski definition) is 7. The van der Waals surface area contributed by atoms with Gasteiger partial charge in [0.05, 0.1) is 13.0 Å². The van der Waals surface area contributed by atoms with Gasteiger partial charge in [-0.15, -0.1) is 0 Å². The highest BCUT2D eigenvalue weighted by molar-refractivity contribution is 6.05. The van der Waals surface area contributed by atoms with Crippen LogP contribution in [0.15, 0.2) is 4.52 Å². The van der Waals surface area contributed by atoms with Gasteiger partial charge in [0.1, 0.15) is 6.04 Å². The lowest BCUT2D eigenvalue weighted by molar-refractivity contribution is -0.135. The molecular weight excluding hydrogens is 304 g/mol. The molecule has 10 heteroatoms. The summed E-state index contributed by atoms with van der Waals surface area (Å²) in [7, 11) is 0. The standard InChI is InChI=1S/C13H18N6O4/c1-8-14-10(17-23-8)7-18-2-4-19(5-3-18)11(20)6-9-12(21)16-13(22)15-9/h9H,2-7H2,1H3,(H2,15,16,21,22)/t9-/m0/s1. The van der Waals surface area contributed by atoms with Crippen LogP contribution in [0.25, 0.3) is 0 Å². The zero-order valence-corrected chi connectivity index (χ0v) is 12.7. The Hall–Kier alpha value is -2.49. The summed E-state index contributed by atoms with van der Waals surface area (Å²) < 4.78 is 4.93. The predicted molar refractivity (Wildman–Crippen MR) is 76.0 cm³/mol. The summed E-state index contributed by atoms with van der Waals surface area (Å²) in [4.78, 5) is 42.7. The van der Waals surface area contributed by atoms with Crippen LogP contribution in [0.1, 0.15) is 18.1 Å². The lowest BCUT2D eigenvalue weighted by Crippen LogP contribution is -2.49. The fraction of sp³-hybridized carbons (Fsp3) is 0.615. The predicted octanol–water partition coefficient (Wildman–Crippen LogP) is -1.38. The Balaban J connectivity index is 1.46. The first-order chi connectivity index (χ1) is 11.0. The van der Waals surface area contributed by atoms with Crippen LogP contribution >= 0.6 is 0 Å². The highest BCUT2D eigenvalue weighted by Gasteiger charge is 2.33. The Morgan fingerprint density at radius 3 is 2.61 bits per heavy atom. The molecule has 3 rings (SSSR count). The number of amides is 4. The minimum Gasteiger partial charge on any atom is -0.340 e. The van der Waals surface area contributed by atoms with Crippen molar-refractivity contribution in [1.82, 2.24) is 30.6 Å². The molecule has 1 aromatic rings. The van der Waals surface area contributed by atoms with Gasteiger partial charge in [-0.1, -0.05) is 5.16 Å². The van der Waals surface area contributed by atoms with Gasteiger partial charge in [0, 0.05) is 33.1 Å². The summed E-state index contributed by atoms with van der Waals surface area (Å²) in [5, 5.41) is 8.41. The number of hydrogen-bond donors (Lipinski definition) is 2. The van der Waals surface area contributed by atoms with Crippen molar-refractivity contribution in [2.24, 2.45) is 0 Å². The Bertz CT molecular complexity index is 622. The third-order valence-corrected chi connectivity index (χ3v) is 3.90. The zero-order chi connectivity index (χ0) is 16.4. The Morgan fingerprint density at radius 2 is 2.04 bits per heavy atom. The molecule has 0 unspecified atom stereocenters. The van der Waals surface area contributed by atoms with Crippen molar-refractivity contribution >= 4 is 17.8 Å². The molecule has 23 heavy (non-hydrogen) atoms. The topological polar surface area (TPSA) is 121 Å². The van der Waals surface area contributed by atoms with E-state index in [0.29, 0.717) is 44.4 Å². The lowest BCUT2D eigenvalue weighted by Gasteiger charge is -2.34. The van der Waals surface area contributed by atoms with Crippen molar-refractivity contribution in [2.45, 2.75) is 25.9 Å². The van der Waals surface area contributed by atoms with E-state index in [0.717, 1.165) is 0 Å². The van der Waals surface area contributed by atoms with Crippen LogP contribution < -0.4 is 10.6 Å². The van der Waals surface area contributed by atoms with E-state index in [9.17, 15) is 14.4 Å². The van der Waals surface area contributed by atoms with Crippen molar-refractivity contribution in [3.05, 3.63) is 11.7 Å². The number of carbonyl (C=O) groups excluding carboxylic acids is 3. The van der Waals surface area contributed by atoms with Gasteiger partial charge < -0.3 is 14.7 Å². The first-order valence-corrected chi connectivity index (χ1v) is 7.42. The number of carbonyl (C=O) groups is 3. The second-order valence-electron chi connectivity index (χ2n) is 5.61. The van der Waals surface area contributed by atoms with E-state index in [1.54, 1.807) is 11.8 Å². The van der Waals surface area contributed by atoms with E-state index in [1.807, 2.05) is 0 Å². The second-order valence-corrected chi connectivity index (χ2v) is 5.61. The summed E-state index contributed by atoms with van der Waals surface area (Å²) in [6.07, 6.45) is -0.0123. The van der Waals surface area contributed by atoms with Gasteiger partial charge in [-0.05, 0) is 0 Å². The van der Waals surface area contributed by atoms with Crippen LogP contribution in [0.3, 0.4) is 0 Å². The minimum atomic E-state index is -0.768. The second kappa shape index (κ2) is 6.32. The molecule has 0 bridgehead atoms. The van der Waals surface area contributed by atoms with Crippen molar-refractivity contribution in [2.75, 3.05) is 26.2 Å². The van der Waals surface area contributed by atoms with E-state index in [2.05, 4.69) is 25.7 Å². The monoisotopic (exact) mass is 322 g/mol. The molecule has 124 valence electrons. The van der Waals surface area contributed by atoms with Gasteiger partial charge in [0.25, 0.3) is 5.91 Å². The maximum Gasteiger partial charge on any atom is 0.322 e. The smallest absolute Gasteiger partial charge is 0.322 e. The molecular formula is C13H18N6O4. The molecule has 1 aromatic heterocycles. The Labute approximate surface area is 132 Å². The lowest BCUT2D eigenvalue weighted by atomic mass is 10.1. The van der Waals surface area contributed by atoms with Crippen LogP contribution in [0.5, 0.6) is 0 Å². The molecule has 0 aromatic carbocycles. The summed E-state index contributed by atoms with van der Waals surface area (Å²) in [6.45, 7) is 4.85. The van der Waals surface area contributed by atoms with Crippen LogP contribution in [0, 0.1) is 6.92 Å². The minimum absolute atomic E-state index is 0.0123. The Kier molecular flexibility index (Phi) is 4.24. The van der Waals surface area contributed by atoms with Crippen LogP contribution in [-0.4, -0.2) is 70.0 Å². The summed E-state index contributed by atoms with van der Waals surface area (Å²) in [6, 6.07) is -1.32. The van der Waals surface area contributed by atoms with Crippen LogP contribution in [0.4, 0.5) is 4.79 Å². The SMILES string of the molecule is Cc1nc(CN2CCN(C(=O)C[C@@H]3NC(=O)NC3=O)CC2)no1. The third kappa shape index (κ3) is 3.65. The van der Waals surface area contributed by atoms with E-state index in [1.165, 1.54) is 0 Å². The Morgan fingerprint density at radius 1 is 1.30 bits per heavy atom. The molecule has 2 aliphatic heterocycles. The fourth-order valence-electron chi connectivity index (χ4n) is 2.67. The molecule has 4 amide bonds. The average molecular weight is 322 g/mol. The van der Waals surface area contributed by atoms with Gasteiger partial charge in [-0.2, -0.15) is 4.98 Å². The number of nitrogens with one attached hydrogen (secondary N) is 2. The van der Waals surface area contributed by atoms with Crippen molar-refractivity contribution in [1.29, 1.82) is 0 Å². The number of piperazine rings is 1. The maximum absolute atomic E-state index is 12.2. The van der Waals surface area contributed by atoms with E-state index in [4.69, 9.17) is 4.52 Å². The quantitative estimate of drug-likeness (QED) is 0.655. The van der Waals surface area contributed by atoms with Crippen molar-refractivity contribution in [3.63, 3.8) is 0 Å². The zero-order valence-electron chi connectivity index (χ0n) is 12.7. The summed E-state index contributed by atoms with van der Waals surface area (Å²) >= 11 is 0. The summed E-state index contributed by atoms with van der Waals surface area (Å²) in [5.74, 6) is 0.579. The number of urea groups is 1. The molecule has 3 heterocycles. The summed E-state index contributed by atoms with van der Waals surface area (Å²) in [5.41, 5.74) is 0. The molecule has 0 saturated carbocycles. The van der Waals surface area contributed by atoms with Crippen molar-refractivity contribution in [3.8, 4) is 0 Å². The molecule has 2 fully saturated rings.